The Morgan fingerprint density at radius 3 is 2.69 bits per heavy atom. The van der Waals surface area contributed by atoms with Gasteiger partial charge in [-0.05, 0) is 31.2 Å². The lowest BCUT2D eigenvalue weighted by Gasteiger charge is -2.13. The van der Waals surface area contributed by atoms with Gasteiger partial charge in [0.1, 0.15) is 0 Å². The summed E-state index contributed by atoms with van der Waals surface area (Å²) in [5.41, 5.74) is 1.12. The summed E-state index contributed by atoms with van der Waals surface area (Å²) in [7, 11) is 0. The van der Waals surface area contributed by atoms with Crippen LogP contribution in [0.2, 0.25) is 0 Å². The van der Waals surface area contributed by atoms with Gasteiger partial charge in [0.05, 0.1) is 0 Å². The molecule has 0 saturated heterocycles. The van der Waals surface area contributed by atoms with Crippen molar-refractivity contribution in [2.45, 2.75) is 32.4 Å². The average Bonchev–Trinajstić information content (AvgIpc) is 3.11. The van der Waals surface area contributed by atoms with E-state index in [2.05, 4.69) is 17.6 Å². The number of nitrogens with one attached hydrogen (secondary N) is 2. The second kappa shape index (κ2) is 5.01. The zero-order chi connectivity index (χ0) is 11.4. The lowest BCUT2D eigenvalue weighted by Crippen LogP contribution is -2.41. The molecule has 16 heavy (non-hydrogen) atoms. The second-order valence-electron chi connectivity index (χ2n) is 4.44. The molecular formula is C13H18N2O. The molecule has 0 heterocycles. The van der Waals surface area contributed by atoms with Crippen molar-refractivity contribution in [3.05, 3.63) is 35.9 Å². The number of carbonyl (C=O) groups excluding carboxylic acids is 1. The van der Waals surface area contributed by atoms with Gasteiger partial charge in [-0.3, -0.25) is 0 Å². The first kappa shape index (κ1) is 11.0. The normalized spacial score (nSPS) is 16.6. The minimum atomic E-state index is -0.0664. The fourth-order valence-corrected chi connectivity index (χ4v) is 1.75. The van der Waals surface area contributed by atoms with Crippen molar-refractivity contribution in [1.29, 1.82) is 0 Å². The van der Waals surface area contributed by atoms with Crippen molar-refractivity contribution in [3.63, 3.8) is 0 Å². The van der Waals surface area contributed by atoms with Gasteiger partial charge in [0.2, 0.25) is 0 Å². The Hall–Kier alpha value is -1.51. The molecular weight excluding hydrogens is 200 g/mol. The van der Waals surface area contributed by atoms with Crippen LogP contribution < -0.4 is 10.6 Å². The lowest BCUT2D eigenvalue weighted by atomic mass is 10.2. The van der Waals surface area contributed by atoms with Gasteiger partial charge in [-0.25, -0.2) is 4.79 Å². The third-order valence-electron chi connectivity index (χ3n) is 2.98. The van der Waals surface area contributed by atoms with Crippen molar-refractivity contribution in [3.8, 4) is 0 Å². The Morgan fingerprint density at radius 1 is 1.38 bits per heavy atom. The average molecular weight is 218 g/mol. The summed E-state index contributed by atoms with van der Waals surface area (Å²) >= 11 is 0. The van der Waals surface area contributed by atoms with Gasteiger partial charge in [-0.2, -0.15) is 0 Å². The highest BCUT2D eigenvalue weighted by Gasteiger charge is 2.28. The predicted molar refractivity (Wildman–Crippen MR) is 64.0 cm³/mol. The quantitative estimate of drug-likeness (QED) is 0.799. The molecule has 3 heteroatoms. The standard InChI is InChI=1S/C13H18N2O/c1-10(12-7-8-12)15-13(16)14-9-11-5-3-2-4-6-11/h2-6,10,12H,7-9H2,1H3,(H2,14,15,16). The summed E-state index contributed by atoms with van der Waals surface area (Å²) in [6.07, 6.45) is 2.50. The van der Waals surface area contributed by atoms with Crippen LogP contribution in [0.1, 0.15) is 25.3 Å². The number of hydrogen-bond acceptors (Lipinski definition) is 1. The van der Waals surface area contributed by atoms with E-state index in [0.29, 0.717) is 18.5 Å². The van der Waals surface area contributed by atoms with Crippen molar-refractivity contribution in [2.75, 3.05) is 0 Å². The smallest absolute Gasteiger partial charge is 0.315 e. The van der Waals surface area contributed by atoms with Crippen molar-refractivity contribution in [1.82, 2.24) is 10.6 Å². The topological polar surface area (TPSA) is 41.1 Å². The Bertz CT molecular complexity index is 346. The summed E-state index contributed by atoms with van der Waals surface area (Å²) in [6.45, 7) is 2.66. The number of amides is 2. The summed E-state index contributed by atoms with van der Waals surface area (Å²) in [5.74, 6) is 0.697. The molecule has 2 amide bonds. The van der Waals surface area contributed by atoms with Gasteiger partial charge in [0, 0.05) is 12.6 Å². The first-order chi connectivity index (χ1) is 7.75. The molecule has 0 aliphatic heterocycles. The highest BCUT2D eigenvalue weighted by molar-refractivity contribution is 5.74. The van der Waals surface area contributed by atoms with Crippen molar-refractivity contribution >= 4 is 6.03 Å². The zero-order valence-corrected chi connectivity index (χ0v) is 9.57. The van der Waals surface area contributed by atoms with Gasteiger partial charge < -0.3 is 10.6 Å². The largest absolute Gasteiger partial charge is 0.335 e. The molecule has 1 unspecified atom stereocenters. The van der Waals surface area contributed by atoms with E-state index in [0.717, 1.165) is 5.56 Å². The molecule has 1 aromatic carbocycles. The molecule has 1 aromatic rings. The zero-order valence-electron chi connectivity index (χ0n) is 9.57. The molecule has 0 radical (unpaired) electrons. The van der Waals surface area contributed by atoms with E-state index >= 15 is 0 Å². The first-order valence-corrected chi connectivity index (χ1v) is 5.84. The fourth-order valence-electron chi connectivity index (χ4n) is 1.75. The summed E-state index contributed by atoms with van der Waals surface area (Å²) < 4.78 is 0. The molecule has 1 aliphatic rings. The Labute approximate surface area is 96.2 Å². The SMILES string of the molecule is CC(NC(=O)NCc1ccccc1)C1CC1. The molecule has 2 rings (SSSR count). The van der Waals surface area contributed by atoms with Crippen LogP contribution in [0, 0.1) is 5.92 Å². The minimum absolute atomic E-state index is 0.0664. The number of benzene rings is 1. The third kappa shape index (κ3) is 3.26. The molecule has 1 fully saturated rings. The van der Waals surface area contributed by atoms with Gasteiger partial charge in [-0.15, -0.1) is 0 Å². The van der Waals surface area contributed by atoms with Gasteiger partial charge in [0.15, 0.2) is 0 Å². The van der Waals surface area contributed by atoms with E-state index in [-0.39, 0.29) is 6.03 Å². The third-order valence-corrected chi connectivity index (χ3v) is 2.98. The fraction of sp³-hybridized carbons (Fsp3) is 0.462. The number of rotatable bonds is 4. The van der Waals surface area contributed by atoms with Crippen LogP contribution in [-0.4, -0.2) is 12.1 Å². The molecule has 0 bridgehead atoms. The van der Waals surface area contributed by atoms with E-state index in [4.69, 9.17) is 0 Å². The van der Waals surface area contributed by atoms with Gasteiger partial charge in [0.25, 0.3) is 0 Å². The molecule has 1 atom stereocenters. The molecule has 1 aliphatic carbocycles. The monoisotopic (exact) mass is 218 g/mol. The number of carbonyl (C=O) groups is 1. The summed E-state index contributed by atoms with van der Waals surface area (Å²) in [4.78, 5) is 11.5. The van der Waals surface area contributed by atoms with Gasteiger partial charge in [-0.1, -0.05) is 30.3 Å². The van der Waals surface area contributed by atoms with Crippen LogP contribution in [0.4, 0.5) is 4.79 Å². The van der Waals surface area contributed by atoms with E-state index in [1.807, 2.05) is 30.3 Å². The number of hydrogen-bond donors (Lipinski definition) is 2. The highest BCUT2D eigenvalue weighted by Crippen LogP contribution is 2.32. The minimum Gasteiger partial charge on any atom is -0.335 e. The predicted octanol–water partition coefficient (Wildman–Crippen LogP) is 2.28. The number of urea groups is 1. The van der Waals surface area contributed by atoms with Crippen LogP contribution in [0.3, 0.4) is 0 Å². The van der Waals surface area contributed by atoms with Crippen molar-refractivity contribution < 1.29 is 4.79 Å². The van der Waals surface area contributed by atoms with Crippen LogP contribution in [0.5, 0.6) is 0 Å². The maximum absolute atomic E-state index is 11.5. The maximum atomic E-state index is 11.5. The Morgan fingerprint density at radius 2 is 2.06 bits per heavy atom. The van der Waals surface area contributed by atoms with Crippen LogP contribution in [0.25, 0.3) is 0 Å². The Balaban J connectivity index is 1.71. The van der Waals surface area contributed by atoms with E-state index in [1.54, 1.807) is 0 Å². The molecule has 2 N–H and O–H groups in total. The highest BCUT2D eigenvalue weighted by atomic mass is 16.2. The molecule has 86 valence electrons. The summed E-state index contributed by atoms with van der Waals surface area (Å²) in [5, 5.41) is 5.82. The van der Waals surface area contributed by atoms with Gasteiger partial charge >= 0.3 is 6.03 Å². The first-order valence-electron chi connectivity index (χ1n) is 5.84. The van der Waals surface area contributed by atoms with Crippen molar-refractivity contribution in [2.24, 2.45) is 5.92 Å². The molecule has 1 saturated carbocycles. The lowest BCUT2D eigenvalue weighted by molar-refractivity contribution is 0.236. The molecule has 0 aromatic heterocycles. The molecule has 3 nitrogen and oxygen atoms in total. The van der Waals surface area contributed by atoms with E-state index in [9.17, 15) is 4.79 Å². The van der Waals surface area contributed by atoms with Crippen LogP contribution in [-0.2, 0) is 6.54 Å². The summed E-state index contributed by atoms with van der Waals surface area (Å²) in [6, 6.07) is 10.2. The second-order valence-corrected chi connectivity index (χ2v) is 4.44. The van der Waals surface area contributed by atoms with Crippen LogP contribution in [0.15, 0.2) is 30.3 Å². The van der Waals surface area contributed by atoms with Crippen LogP contribution >= 0.6 is 0 Å². The van der Waals surface area contributed by atoms with E-state index in [1.165, 1.54) is 12.8 Å². The maximum Gasteiger partial charge on any atom is 0.315 e. The molecule has 0 spiro atoms. The van der Waals surface area contributed by atoms with E-state index < -0.39 is 0 Å². The Kier molecular flexibility index (Phi) is 3.44.